The highest BCUT2D eigenvalue weighted by Crippen LogP contribution is 2.07. The van der Waals surface area contributed by atoms with Crippen molar-refractivity contribution in [2.24, 2.45) is 0 Å². The molecule has 1 aromatic carbocycles. The van der Waals surface area contributed by atoms with Crippen LogP contribution in [0.2, 0.25) is 0 Å². The van der Waals surface area contributed by atoms with Crippen LogP contribution in [0.4, 0.5) is 0 Å². The van der Waals surface area contributed by atoms with Crippen LogP contribution in [0.5, 0.6) is 0 Å². The summed E-state index contributed by atoms with van der Waals surface area (Å²) < 4.78 is 5.51. The van der Waals surface area contributed by atoms with Crippen molar-refractivity contribution < 1.29 is 9.53 Å². The molecule has 106 valence electrons. The molecule has 2 rings (SSSR count). The van der Waals surface area contributed by atoms with Crippen LogP contribution in [0, 0.1) is 0 Å². The molecule has 5 heteroatoms. The smallest absolute Gasteiger partial charge is 0.251 e. The Morgan fingerprint density at radius 2 is 2.10 bits per heavy atom. The summed E-state index contributed by atoms with van der Waals surface area (Å²) in [4.78, 5) is 18.8. The molecule has 0 spiro atoms. The molecule has 0 atom stereocenters. The highest BCUT2D eigenvalue weighted by molar-refractivity contribution is 5.94. The number of imidazole rings is 1. The van der Waals surface area contributed by atoms with Crippen molar-refractivity contribution in [1.29, 1.82) is 0 Å². The van der Waals surface area contributed by atoms with Crippen LogP contribution in [0.15, 0.2) is 36.8 Å². The molecule has 0 saturated heterocycles. The Labute approximate surface area is 118 Å². The molecule has 0 saturated carbocycles. The molecule has 1 aromatic heterocycles. The Kier molecular flexibility index (Phi) is 4.90. The van der Waals surface area contributed by atoms with Gasteiger partial charge in [0.15, 0.2) is 0 Å². The van der Waals surface area contributed by atoms with Crippen molar-refractivity contribution in [1.82, 2.24) is 15.3 Å². The Hall–Kier alpha value is -2.14. The molecular weight excluding hydrogens is 254 g/mol. The van der Waals surface area contributed by atoms with E-state index in [0.29, 0.717) is 18.7 Å². The molecule has 20 heavy (non-hydrogen) atoms. The first kappa shape index (κ1) is 14.3. The van der Waals surface area contributed by atoms with Crippen LogP contribution >= 0.6 is 0 Å². The van der Waals surface area contributed by atoms with Crippen LogP contribution < -0.4 is 5.32 Å². The minimum Gasteiger partial charge on any atom is -0.374 e. The first-order valence-electron chi connectivity index (χ1n) is 6.61. The molecule has 2 N–H and O–H groups in total. The van der Waals surface area contributed by atoms with E-state index in [2.05, 4.69) is 15.3 Å². The Morgan fingerprint density at radius 1 is 1.35 bits per heavy atom. The summed E-state index contributed by atoms with van der Waals surface area (Å²) >= 11 is 0. The second-order valence-corrected chi connectivity index (χ2v) is 4.82. The third-order valence-corrected chi connectivity index (χ3v) is 2.79. The van der Waals surface area contributed by atoms with Crippen molar-refractivity contribution in [2.75, 3.05) is 0 Å². The monoisotopic (exact) mass is 273 g/mol. The van der Waals surface area contributed by atoms with Crippen LogP contribution in [-0.2, 0) is 17.9 Å². The summed E-state index contributed by atoms with van der Waals surface area (Å²) in [7, 11) is 0. The van der Waals surface area contributed by atoms with Crippen molar-refractivity contribution in [3.8, 4) is 0 Å². The van der Waals surface area contributed by atoms with Crippen LogP contribution in [0.1, 0.15) is 35.5 Å². The molecule has 0 bridgehead atoms. The van der Waals surface area contributed by atoms with E-state index in [9.17, 15) is 4.79 Å². The first-order chi connectivity index (χ1) is 9.65. The lowest BCUT2D eigenvalue weighted by Crippen LogP contribution is -2.22. The molecule has 2 aromatic rings. The number of aromatic nitrogens is 2. The van der Waals surface area contributed by atoms with Crippen molar-refractivity contribution >= 4 is 5.91 Å². The maximum Gasteiger partial charge on any atom is 0.251 e. The fourth-order valence-corrected chi connectivity index (χ4v) is 1.67. The van der Waals surface area contributed by atoms with E-state index in [1.807, 2.05) is 26.0 Å². The SMILES string of the molecule is CC(C)OCc1ccc(C(=O)NCc2cnc[nH]2)cc1. The maximum absolute atomic E-state index is 11.9. The van der Waals surface area contributed by atoms with E-state index < -0.39 is 0 Å². The van der Waals surface area contributed by atoms with Gasteiger partial charge in [0.1, 0.15) is 0 Å². The quantitative estimate of drug-likeness (QED) is 0.848. The summed E-state index contributed by atoms with van der Waals surface area (Å²) in [6.07, 6.45) is 3.48. The van der Waals surface area contributed by atoms with E-state index in [4.69, 9.17) is 4.74 Å². The molecule has 0 aliphatic rings. The number of carbonyl (C=O) groups is 1. The predicted octanol–water partition coefficient (Wildman–Crippen LogP) is 2.26. The maximum atomic E-state index is 11.9. The summed E-state index contributed by atoms with van der Waals surface area (Å²) in [5.74, 6) is -0.101. The lowest BCUT2D eigenvalue weighted by molar-refractivity contribution is 0.0657. The van der Waals surface area contributed by atoms with Crippen molar-refractivity contribution in [2.45, 2.75) is 33.1 Å². The fourth-order valence-electron chi connectivity index (χ4n) is 1.67. The summed E-state index contributed by atoms with van der Waals surface area (Å²) in [5.41, 5.74) is 2.57. The summed E-state index contributed by atoms with van der Waals surface area (Å²) in [5, 5.41) is 2.83. The molecular formula is C15H19N3O2. The van der Waals surface area contributed by atoms with E-state index in [1.165, 1.54) is 0 Å². The average molecular weight is 273 g/mol. The van der Waals surface area contributed by atoms with E-state index in [-0.39, 0.29) is 12.0 Å². The average Bonchev–Trinajstić information content (AvgIpc) is 2.96. The number of nitrogens with one attached hydrogen (secondary N) is 2. The number of aromatic amines is 1. The van der Waals surface area contributed by atoms with Crippen molar-refractivity contribution in [3.63, 3.8) is 0 Å². The summed E-state index contributed by atoms with van der Waals surface area (Å²) in [6, 6.07) is 7.43. The van der Waals surface area contributed by atoms with Gasteiger partial charge in [-0.3, -0.25) is 4.79 Å². The van der Waals surface area contributed by atoms with Gasteiger partial charge in [0.25, 0.3) is 5.91 Å². The number of nitrogens with zero attached hydrogens (tertiary/aromatic N) is 1. The molecule has 5 nitrogen and oxygen atoms in total. The highest BCUT2D eigenvalue weighted by atomic mass is 16.5. The summed E-state index contributed by atoms with van der Waals surface area (Å²) in [6.45, 7) is 5.00. The first-order valence-corrected chi connectivity index (χ1v) is 6.61. The third kappa shape index (κ3) is 4.20. The molecule has 0 unspecified atom stereocenters. The van der Waals surface area contributed by atoms with Gasteiger partial charge in [-0.05, 0) is 31.5 Å². The highest BCUT2D eigenvalue weighted by Gasteiger charge is 2.06. The van der Waals surface area contributed by atoms with Gasteiger partial charge in [-0.1, -0.05) is 12.1 Å². The minimum absolute atomic E-state index is 0.101. The number of benzene rings is 1. The second-order valence-electron chi connectivity index (χ2n) is 4.82. The molecule has 0 fully saturated rings. The van der Waals surface area contributed by atoms with Gasteiger partial charge in [-0.15, -0.1) is 0 Å². The molecule has 0 aliphatic heterocycles. The fraction of sp³-hybridized carbons (Fsp3) is 0.333. The zero-order chi connectivity index (χ0) is 14.4. The Morgan fingerprint density at radius 3 is 2.70 bits per heavy atom. The van der Waals surface area contributed by atoms with Gasteiger partial charge in [-0.25, -0.2) is 4.98 Å². The van der Waals surface area contributed by atoms with Crippen molar-refractivity contribution in [3.05, 3.63) is 53.6 Å². The standard InChI is InChI=1S/C15H19N3O2/c1-11(2)20-9-12-3-5-13(6-4-12)15(19)17-8-14-7-16-10-18-14/h3-7,10-11H,8-9H2,1-2H3,(H,16,18)(H,17,19). The van der Waals surface area contributed by atoms with Gasteiger partial charge in [-0.2, -0.15) is 0 Å². The lowest BCUT2D eigenvalue weighted by Gasteiger charge is -2.08. The predicted molar refractivity (Wildman–Crippen MR) is 76.1 cm³/mol. The van der Waals surface area contributed by atoms with Gasteiger partial charge < -0.3 is 15.0 Å². The van der Waals surface area contributed by atoms with Crippen LogP contribution in [0.3, 0.4) is 0 Å². The third-order valence-electron chi connectivity index (χ3n) is 2.79. The number of hydrogen-bond acceptors (Lipinski definition) is 3. The van der Waals surface area contributed by atoms with E-state index >= 15 is 0 Å². The van der Waals surface area contributed by atoms with Crippen LogP contribution in [-0.4, -0.2) is 22.0 Å². The van der Waals surface area contributed by atoms with Crippen LogP contribution in [0.25, 0.3) is 0 Å². The number of H-pyrrole nitrogens is 1. The molecule has 1 amide bonds. The number of amides is 1. The van der Waals surface area contributed by atoms with Gasteiger partial charge >= 0.3 is 0 Å². The second kappa shape index (κ2) is 6.86. The Bertz CT molecular complexity index is 533. The molecule has 1 heterocycles. The molecule has 0 aliphatic carbocycles. The molecule has 0 radical (unpaired) electrons. The lowest BCUT2D eigenvalue weighted by atomic mass is 10.1. The minimum atomic E-state index is -0.101. The topological polar surface area (TPSA) is 67.0 Å². The van der Waals surface area contributed by atoms with E-state index in [1.54, 1.807) is 24.7 Å². The van der Waals surface area contributed by atoms with Gasteiger partial charge in [0, 0.05) is 11.8 Å². The number of carbonyl (C=O) groups excluding carboxylic acids is 1. The van der Waals surface area contributed by atoms with E-state index in [0.717, 1.165) is 11.3 Å². The Balaban J connectivity index is 1.87. The zero-order valence-corrected chi connectivity index (χ0v) is 11.7. The van der Waals surface area contributed by atoms with Gasteiger partial charge in [0.2, 0.25) is 0 Å². The number of rotatable bonds is 6. The number of hydrogen-bond donors (Lipinski definition) is 2. The number of ether oxygens (including phenoxy) is 1. The zero-order valence-electron chi connectivity index (χ0n) is 11.7. The van der Waals surface area contributed by atoms with Gasteiger partial charge in [0.05, 0.1) is 31.3 Å². The normalized spacial score (nSPS) is 10.8. The largest absolute Gasteiger partial charge is 0.374 e.